The fraction of sp³-hybridized carbons (Fsp3) is 0.107. The summed E-state index contributed by atoms with van der Waals surface area (Å²) >= 11 is 6.14. The predicted octanol–water partition coefficient (Wildman–Crippen LogP) is 4.50. The van der Waals surface area contributed by atoms with Crippen LogP contribution in [0.5, 0.6) is 5.75 Å². The number of ketones is 1. The van der Waals surface area contributed by atoms with Crippen LogP contribution in [0, 0.1) is 5.82 Å². The molecule has 2 aliphatic heterocycles. The van der Waals surface area contributed by atoms with E-state index in [1.165, 1.54) is 35.2 Å². The Morgan fingerprint density at radius 3 is 2.54 bits per heavy atom. The fourth-order valence-corrected chi connectivity index (χ4v) is 5.18. The van der Waals surface area contributed by atoms with Gasteiger partial charge in [0, 0.05) is 28.3 Å². The first-order valence-electron chi connectivity index (χ1n) is 11.4. The van der Waals surface area contributed by atoms with Gasteiger partial charge in [0.2, 0.25) is 0 Å². The molecule has 37 heavy (non-hydrogen) atoms. The molecule has 6 rings (SSSR count). The van der Waals surface area contributed by atoms with Crippen molar-refractivity contribution in [3.8, 4) is 5.75 Å². The van der Waals surface area contributed by atoms with Gasteiger partial charge in [-0.15, -0.1) is 0 Å². The Morgan fingerprint density at radius 1 is 1.08 bits per heavy atom. The minimum absolute atomic E-state index is 0.0839. The molecule has 3 aromatic carbocycles. The summed E-state index contributed by atoms with van der Waals surface area (Å²) in [4.78, 5) is 33.3. The van der Waals surface area contributed by atoms with E-state index in [2.05, 4.69) is 4.99 Å². The van der Waals surface area contributed by atoms with Gasteiger partial charge in [-0.3, -0.25) is 9.79 Å². The largest absolute Gasteiger partial charge is 0.506 e. The van der Waals surface area contributed by atoms with Crippen molar-refractivity contribution in [3.05, 3.63) is 116 Å². The van der Waals surface area contributed by atoms with Crippen LogP contribution in [0.15, 0.2) is 92.6 Å². The number of halogens is 2. The smallest absolute Gasteiger partial charge is 0.347 e. The van der Waals surface area contributed by atoms with Crippen LogP contribution in [0.4, 0.5) is 4.39 Å². The van der Waals surface area contributed by atoms with Gasteiger partial charge >= 0.3 is 5.63 Å². The molecular formula is C28H18ClFN2O5. The Kier molecular flexibility index (Phi) is 5.25. The number of carbonyl (C=O) groups is 1. The van der Waals surface area contributed by atoms with E-state index in [1.807, 2.05) is 0 Å². The molecule has 3 heterocycles. The number of Topliss-reactive ketones (excluding diaryl/α,β-unsaturated/α-hetero) is 1. The fourth-order valence-electron chi connectivity index (χ4n) is 5.01. The lowest BCUT2D eigenvalue weighted by molar-refractivity contribution is -0.00866. The van der Waals surface area contributed by atoms with Crippen molar-refractivity contribution in [2.24, 2.45) is 4.99 Å². The second-order valence-electron chi connectivity index (χ2n) is 8.73. The molecule has 2 N–H and O–H groups in total. The number of rotatable bonds is 4. The van der Waals surface area contributed by atoms with E-state index >= 15 is 0 Å². The molecule has 0 bridgehead atoms. The molecule has 4 aromatic rings. The number of benzene rings is 3. The number of hydrogen-bond donors (Lipinski definition) is 2. The number of amidine groups is 1. The van der Waals surface area contributed by atoms with Crippen LogP contribution in [0.3, 0.4) is 0 Å². The molecule has 0 radical (unpaired) electrons. The monoisotopic (exact) mass is 516 g/mol. The summed E-state index contributed by atoms with van der Waals surface area (Å²) in [6.07, 6.45) is 0. The van der Waals surface area contributed by atoms with Gasteiger partial charge in [-0.1, -0.05) is 41.9 Å². The molecule has 0 saturated carbocycles. The van der Waals surface area contributed by atoms with E-state index in [4.69, 9.17) is 16.0 Å². The third-order valence-corrected chi connectivity index (χ3v) is 6.89. The predicted molar refractivity (Wildman–Crippen MR) is 136 cm³/mol. The highest BCUT2D eigenvalue weighted by Crippen LogP contribution is 2.51. The van der Waals surface area contributed by atoms with Crippen molar-refractivity contribution in [2.45, 2.75) is 5.72 Å². The van der Waals surface area contributed by atoms with Gasteiger partial charge < -0.3 is 19.5 Å². The number of hydrogen-bond acceptors (Lipinski definition) is 7. The molecule has 7 nitrogen and oxygen atoms in total. The van der Waals surface area contributed by atoms with Crippen molar-refractivity contribution >= 4 is 39.8 Å². The first-order valence-corrected chi connectivity index (χ1v) is 11.8. The van der Waals surface area contributed by atoms with E-state index in [0.29, 0.717) is 12.1 Å². The average molecular weight is 517 g/mol. The lowest BCUT2D eigenvalue weighted by Gasteiger charge is -2.35. The third-order valence-electron chi connectivity index (χ3n) is 6.65. The van der Waals surface area contributed by atoms with Crippen LogP contribution >= 0.6 is 11.6 Å². The van der Waals surface area contributed by atoms with Crippen molar-refractivity contribution in [2.75, 3.05) is 13.1 Å². The molecule has 0 spiro atoms. The Hall–Kier alpha value is -4.27. The standard InChI is InChI=1S/C28H18ClFN2O5/c29-17-8-11-20-19(14-17)25(34)22(27(35)37-20)23-21(24(33)15-6-9-18(30)10-7-15)26-31-12-13-32(26)28(23,36)16-4-2-1-3-5-16/h1-11,14,34,36H,12-13H2. The lowest BCUT2D eigenvalue weighted by Crippen LogP contribution is -2.44. The van der Waals surface area contributed by atoms with Gasteiger partial charge in [0.15, 0.2) is 11.5 Å². The Labute approximate surface area is 214 Å². The Balaban J connectivity index is 1.74. The number of aliphatic imine (C=N–C) groups is 1. The summed E-state index contributed by atoms with van der Waals surface area (Å²) in [7, 11) is 0. The molecule has 184 valence electrons. The van der Waals surface area contributed by atoms with Crippen molar-refractivity contribution < 1.29 is 23.8 Å². The maximum Gasteiger partial charge on any atom is 0.347 e. The van der Waals surface area contributed by atoms with Crippen LogP contribution in [-0.4, -0.2) is 39.8 Å². The summed E-state index contributed by atoms with van der Waals surface area (Å²) in [6, 6.07) is 17.8. The highest BCUT2D eigenvalue weighted by molar-refractivity contribution is 6.35. The van der Waals surface area contributed by atoms with Gasteiger partial charge in [0.1, 0.15) is 28.5 Å². The van der Waals surface area contributed by atoms with Crippen LogP contribution in [0.25, 0.3) is 16.5 Å². The maximum atomic E-state index is 13.9. The summed E-state index contributed by atoms with van der Waals surface area (Å²) in [5.41, 5.74) is -3.08. The number of fused-ring (bicyclic) bond motifs is 2. The minimum atomic E-state index is -2.04. The Morgan fingerprint density at radius 2 is 1.81 bits per heavy atom. The van der Waals surface area contributed by atoms with Gasteiger partial charge in [-0.2, -0.15) is 0 Å². The molecule has 0 saturated heterocycles. The average Bonchev–Trinajstić information content (AvgIpc) is 3.47. The maximum absolute atomic E-state index is 13.9. The van der Waals surface area contributed by atoms with Crippen LogP contribution < -0.4 is 5.63 Å². The normalized spacial score (nSPS) is 18.9. The quantitative estimate of drug-likeness (QED) is 0.306. The number of aromatic hydroxyl groups is 1. The topological polar surface area (TPSA) is 103 Å². The van der Waals surface area contributed by atoms with Gasteiger partial charge in [-0.25, -0.2) is 9.18 Å². The molecule has 2 aliphatic rings. The molecule has 0 amide bonds. The second-order valence-corrected chi connectivity index (χ2v) is 9.17. The van der Waals surface area contributed by atoms with E-state index < -0.39 is 28.7 Å². The van der Waals surface area contributed by atoms with E-state index in [1.54, 1.807) is 30.3 Å². The minimum Gasteiger partial charge on any atom is -0.506 e. The van der Waals surface area contributed by atoms with Crippen molar-refractivity contribution in [3.63, 3.8) is 0 Å². The van der Waals surface area contributed by atoms with Crippen molar-refractivity contribution in [1.29, 1.82) is 0 Å². The lowest BCUT2D eigenvalue weighted by atomic mass is 9.86. The highest BCUT2D eigenvalue weighted by Gasteiger charge is 2.55. The molecule has 9 heteroatoms. The third kappa shape index (κ3) is 3.41. The molecular weight excluding hydrogens is 499 g/mol. The number of carbonyl (C=O) groups excluding carboxylic acids is 1. The summed E-state index contributed by atoms with van der Waals surface area (Å²) in [5, 5.41) is 24.2. The second kappa shape index (κ2) is 8.40. The van der Waals surface area contributed by atoms with Gasteiger partial charge in [0.05, 0.1) is 17.5 Å². The molecule has 1 atom stereocenters. The van der Waals surface area contributed by atoms with Crippen LogP contribution in [0.1, 0.15) is 21.5 Å². The molecule has 1 aromatic heterocycles. The summed E-state index contributed by atoms with van der Waals surface area (Å²) in [6.45, 7) is 0.543. The van der Waals surface area contributed by atoms with E-state index in [9.17, 15) is 24.2 Å². The van der Waals surface area contributed by atoms with Crippen LogP contribution in [-0.2, 0) is 5.72 Å². The molecule has 0 aliphatic carbocycles. The highest BCUT2D eigenvalue weighted by atomic mass is 35.5. The number of aliphatic hydroxyl groups is 1. The van der Waals surface area contributed by atoms with Crippen LogP contribution in [0.2, 0.25) is 5.02 Å². The summed E-state index contributed by atoms with van der Waals surface area (Å²) in [5.74, 6) is -1.45. The van der Waals surface area contributed by atoms with Gasteiger partial charge in [0.25, 0.3) is 0 Å². The zero-order chi connectivity index (χ0) is 25.9. The zero-order valence-electron chi connectivity index (χ0n) is 19.1. The molecule has 0 fully saturated rings. The van der Waals surface area contributed by atoms with E-state index in [-0.39, 0.29) is 50.6 Å². The van der Waals surface area contributed by atoms with Crippen molar-refractivity contribution in [1.82, 2.24) is 4.90 Å². The molecule has 1 unspecified atom stereocenters. The first kappa shape index (κ1) is 23.1. The number of nitrogens with zero attached hydrogens (tertiary/aromatic N) is 2. The first-order chi connectivity index (χ1) is 17.8. The summed E-state index contributed by atoms with van der Waals surface area (Å²) < 4.78 is 19.1. The Bertz CT molecular complexity index is 1710. The SMILES string of the molecule is O=C(C1=C(c2c(O)c3cc(Cl)ccc3oc2=O)C(O)(c2ccccc2)N2CCN=C12)c1ccc(F)cc1. The van der Waals surface area contributed by atoms with E-state index in [0.717, 1.165) is 12.1 Å². The van der Waals surface area contributed by atoms with Gasteiger partial charge in [-0.05, 0) is 42.5 Å². The zero-order valence-corrected chi connectivity index (χ0v) is 19.9.